The van der Waals surface area contributed by atoms with Gasteiger partial charge in [-0.05, 0) is 12.1 Å². The van der Waals surface area contributed by atoms with Gasteiger partial charge in [0.15, 0.2) is 5.76 Å². The number of carboxylic acid groups (broad SMARTS) is 1. The van der Waals surface area contributed by atoms with Crippen LogP contribution in [0.5, 0.6) is 0 Å². The van der Waals surface area contributed by atoms with Gasteiger partial charge in [0.2, 0.25) is 0 Å². The first-order valence-corrected chi connectivity index (χ1v) is 4.73. The number of amides is 1. The predicted octanol–water partition coefficient (Wildman–Crippen LogP) is 0.541. The van der Waals surface area contributed by atoms with Crippen molar-refractivity contribution < 1.29 is 24.2 Å². The number of aromatic carboxylic acids is 1. The molecule has 1 aromatic carbocycles. The van der Waals surface area contributed by atoms with Crippen LogP contribution >= 0.6 is 0 Å². The zero-order valence-corrected chi connectivity index (χ0v) is 8.62. The van der Waals surface area contributed by atoms with Gasteiger partial charge in [0.25, 0.3) is 5.91 Å². The van der Waals surface area contributed by atoms with Crippen LogP contribution in [0.3, 0.4) is 0 Å². The van der Waals surface area contributed by atoms with Crippen LogP contribution in [0, 0.1) is 0 Å². The largest absolute Gasteiger partial charge is 0.478 e. The summed E-state index contributed by atoms with van der Waals surface area (Å²) in [6.07, 6.45) is 0.0783. The zero-order chi connectivity index (χ0) is 12.4. The van der Waals surface area contributed by atoms with Gasteiger partial charge in [0.05, 0.1) is 5.56 Å². The van der Waals surface area contributed by atoms with Crippen molar-refractivity contribution in [3.63, 3.8) is 0 Å². The van der Waals surface area contributed by atoms with Crippen LogP contribution in [0.15, 0.2) is 30.5 Å². The smallest absolute Gasteiger partial charge is 0.335 e. The van der Waals surface area contributed by atoms with Crippen molar-refractivity contribution in [3.05, 3.63) is 41.7 Å². The Labute approximate surface area is 96.2 Å². The Bertz CT molecular complexity index is 508. The Balaban J connectivity index is 2.22. The summed E-state index contributed by atoms with van der Waals surface area (Å²) >= 11 is 0. The molecule has 0 fully saturated rings. The second-order valence-electron chi connectivity index (χ2n) is 3.36. The minimum absolute atomic E-state index is 0.120. The lowest BCUT2D eigenvalue weighted by atomic mass is 10.1. The molecule has 1 aliphatic heterocycles. The topological polar surface area (TPSA) is 98.9 Å². The number of carboxylic acids is 1. The van der Waals surface area contributed by atoms with E-state index >= 15 is 0 Å². The number of carbonyl (C=O) groups excluding carboxylic acids is 1. The third kappa shape index (κ3) is 2.20. The molecule has 6 nitrogen and oxygen atoms in total. The van der Waals surface area contributed by atoms with E-state index in [1.165, 1.54) is 18.4 Å². The summed E-state index contributed by atoms with van der Waals surface area (Å²) < 4.78 is 9.99. The first-order valence-electron chi connectivity index (χ1n) is 4.73. The van der Waals surface area contributed by atoms with E-state index in [2.05, 4.69) is 0 Å². The summed E-state index contributed by atoms with van der Waals surface area (Å²) in [5.74, 6) is -1.51. The summed E-state index contributed by atoms with van der Waals surface area (Å²) in [7, 11) is 0. The van der Waals surface area contributed by atoms with Gasteiger partial charge in [0, 0.05) is 5.56 Å². The summed E-state index contributed by atoms with van der Waals surface area (Å²) in [4.78, 5) is 21.6. The van der Waals surface area contributed by atoms with E-state index in [4.69, 9.17) is 20.3 Å². The predicted molar refractivity (Wildman–Crippen MR) is 56.5 cm³/mol. The van der Waals surface area contributed by atoms with Crippen LogP contribution < -0.4 is 5.73 Å². The monoisotopic (exact) mass is 235 g/mol. The molecule has 0 radical (unpaired) electrons. The van der Waals surface area contributed by atoms with Crippen LogP contribution in [0.1, 0.15) is 15.9 Å². The summed E-state index contributed by atoms with van der Waals surface area (Å²) in [6.45, 7) is 0. The molecule has 88 valence electrons. The molecule has 0 saturated carbocycles. The third-order valence-corrected chi connectivity index (χ3v) is 2.16. The summed E-state index contributed by atoms with van der Waals surface area (Å²) in [6, 6.07) is 6.08. The number of hydrogen-bond acceptors (Lipinski definition) is 4. The molecule has 0 saturated heterocycles. The fourth-order valence-corrected chi connectivity index (χ4v) is 1.36. The second kappa shape index (κ2) is 4.17. The molecule has 1 unspecified atom stereocenters. The molecule has 3 N–H and O–H groups in total. The molecular formula is C11H9NO5. The van der Waals surface area contributed by atoms with E-state index in [9.17, 15) is 9.59 Å². The van der Waals surface area contributed by atoms with E-state index < -0.39 is 18.2 Å². The summed E-state index contributed by atoms with van der Waals surface area (Å²) in [5.41, 5.74) is 5.63. The molecule has 1 heterocycles. The van der Waals surface area contributed by atoms with E-state index in [1.54, 1.807) is 12.1 Å². The molecule has 1 aliphatic rings. The average Bonchev–Trinajstić information content (AvgIpc) is 2.78. The maximum atomic E-state index is 10.8. The van der Waals surface area contributed by atoms with E-state index in [0.717, 1.165) is 0 Å². The van der Waals surface area contributed by atoms with Crippen LogP contribution in [-0.4, -0.2) is 23.3 Å². The Morgan fingerprint density at radius 2 is 2.12 bits per heavy atom. The Hall–Kier alpha value is -2.50. The third-order valence-electron chi connectivity index (χ3n) is 2.16. The molecule has 1 aromatic rings. The van der Waals surface area contributed by atoms with Gasteiger partial charge >= 0.3 is 12.3 Å². The van der Waals surface area contributed by atoms with Crippen LogP contribution in [0.25, 0.3) is 5.76 Å². The van der Waals surface area contributed by atoms with Gasteiger partial charge in [-0.2, -0.15) is 0 Å². The average molecular weight is 235 g/mol. The first kappa shape index (κ1) is 11.0. The highest BCUT2D eigenvalue weighted by Crippen LogP contribution is 2.24. The van der Waals surface area contributed by atoms with E-state index in [-0.39, 0.29) is 11.3 Å². The number of hydrogen-bond donors (Lipinski definition) is 2. The lowest BCUT2D eigenvalue weighted by Gasteiger charge is -2.07. The quantitative estimate of drug-likeness (QED) is 0.796. The zero-order valence-electron chi connectivity index (χ0n) is 8.62. The SMILES string of the molecule is NC(=O)C1OC=C(c2cccc(C(=O)O)c2)O1. The van der Waals surface area contributed by atoms with E-state index in [0.29, 0.717) is 5.56 Å². The van der Waals surface area contributed by atoms with Crippen molar-refractivity contribution in [2.45, 2.75) is 6.29 Å². The number of benzene rings is 1. The summed E-state index contributed by atoms with van der Waals surface area (Å²) in [5, 5.41) is 8.83. The van der Waals surface area contributed by atoms with Crippen molar-refractivity contribution >= 4 is 17.6 Å². The normalized spacial score (nSPS) is 17.9. The van der Waals surface area contributed by atoms with Gasteiger partial charge in [-0.3, -0.25) is 4.79 Å². The minimum atomic E-state index is -1.15. The molecule has 2 rings (SSSR count). The molecule has 0 spiro atoms. The van der Waals surface area contributed by atoms with Crippen molar-refractivity contribution in [2.24, 2.45) is 5.73 Å². The Morgan fingerprint density at radius 1 is 1.35 bits per heavy atom. The van der Waals surface area contributed by atoms with Gasteiger partial charge in [0.1, 0.15) is 6.26 Å². The lowest BCUT2D eigenvalue weighted by molar-refractivity contribution is -0.139. The van der Waals surface area contributed by atoms with Gasteiger partial charge < -0.3 is 20.3 Å². The van der Waals surface area contributed by atoms with Gasteiger partial charge in [-0.1, -0.05) is 12.1 Å². The minimum Gasteiger partial charge on any atom is -0.478 e. The molecule has 1 amide bonds. The number of primary amides is 1. The lowest BCUT2D eigenvalue weighted by Crippen LogP contribution is -2.29. The van der Waals surface area contributed by atoms with Crippen LogP contribution in [0.4, 0.5) is 0 Å². The molecule has 1 atom stereocenters. The van der Waals surface area contributed by atoms with Crippen molar-refractivity contribution in [3.8, 4) is 0 Å². The first-order chi connectivity index (χ1) is 8.08. The highest BCUT2D eigenvalue weighted by Gasteiger charge is 2.25. The molecule has 0 aromatic heterocycles. The Morgan fingerprint density at radius 3 is 2.71 bits per heavy atom. The Kier molecular flexibility index (Phi) is 2.70. The number of ether oxygens (including phenoxy) is 2. The molecular weight excluding hydrogens is 226 g/mol. The van der Waals surface area contributed by atoms with E-state index in [1.807, 2.05) is 0 Å². The fraction of sp³-hybridized carbons (Fsp3) is 0.0909. The van der Waals surface area contributed by atoms with Gasteiger partial charge in [-0.25, -0.2) is 4.79 Å². The van der Waals surface area contributed by atoms with Crippen LogP contribution in [0.2, 0.25) is 0 Å². The standard InChI is InChI=1S/C11H9NO5/c12-9(13)11-16-5-8(17-11)6-2-1-3-7(4-6)10(14)15/h1-5,11H,(H2,12,13)(H,14,15). The van der Waals surface area contributed by atoms with Crippen molar-refractivity contribution in [1.29, 1.82) is 0 Å². The number of carbonyl (C=O) groups is 2. The highest BCUT2D eigenvalue weighted by molar-refractivity contribution is 5.88. The number of rotatable bonds is 3. The maximum Gasteiger partial charge on any atom is 0.335 e. The highest BCUT2D eigenvalue weighted by atomic mass is 16.7. The maximum absolute atomic E-state index is 10.8. The van der Waals surface area contributed by atoms with Crippen LogP contribution in [-0.2, 0) is 14.3 Å². The van der Waals surface area contributed by atoms with Crippen molar-refractivity contribution in [2.75, 3.05) is 0 Å². The second-order valence-corrected chi connectivity index (χ2v) is 3.36. The molecule has 6 heteroatoms. The van der Waals surface area contributed by atoms with Gasteiger partial charge in [-0.15, -0.1) is 0 Å². The molecule has 17 heavy (non-hydrogen) atoms. The molecule has 0 bridgehead atoms. The fourth-order valence-electron chi connectivity index (χ4n) is 1.36. The van der Waals surface area contributed by atoms with Crippen molar-refractivity contribution in [1.82, 2.24) is 0 Å². The number of nitrogens with two attached hydrogens (primary N) is 1. The molecule has 0 aliphatic carbocycles.